The van der Waals surface area contributed by atoms with E-state index >= 15 is 0 Å². The lowest BCUT2D eigenvalue weighted by atomic mass is 9.87. The number of unbranched alkanes of at least 4 members (excludes halogenated alkanes) is 2. The maximum atomic E-state index is 5.58. The summed E-state index contributed by atoms with van der Waals surface area (Å²) in [5.41, 5.74) is 5.98. The molecule has 0 heterocycles. The van der Waals surface area contributed by atoms with Crippen LogP contribution in [0.3, 0.4) is 0 Å². The van der Waals surface area contributed by atoms with Crippen LogP contribution in [0.1, 0.15) is 52.9 Å². The van der Waals surface area contributed by atoms with E-state index in [-0.39, 0.29) is 6.10 Å². The average Bonchev–Trinajstić information content (AvgIpc) is 2.29. The van der Waals surface area contributed by atoms with Crippen LogP contribution in [0.25, 0.3) is 0 Å². The van der Waals surface area contributed by atoms with Crippen LogP contribution in [0.4, 0.5) is 0 Å². The molecule has 0 rings (SSSR count). The van der Waals surface area contributed by atoms with Gasteiger partial charge in [-0.25, -0.2) is 0 Å². The fourth-order valence-corrected chi connectivity index (χ4v) is 1.96. The van der Waals surface area contributed by atoms with Crippen LogP contribution in [-0.4, -0.2) is 32.8 Å². The molecular weight excluding hydrogens is 212 g/mol. The smallest absolute Gasteiger partial charge is 0.0705 e. The predicted molar refractivity (Wildman–Crippen MR) is 75.3 cm³/mol. The number of hydrogen-bond donors (Lipinski definition) is 2. The Balaban J connectivity index is 3.57. The van der Waals surface area contributed by atoms with E-state index in [0.29, 0.717) is 12.0 Å². The molecule has 3 heteroatoms. The fourth-order valence-electron chi connectivity index (χ4n) is 1.96. The molecule has 1 atom stereocenters. The molecule has 0 aliphatic carbocycles. The minimum atomic E-state index is 0.200. The van der Waals surface area contributed by atoms with Gasteiger partial charge in [0.1, 0.15) is 0 Å². The van der Waals surface area contributed by atoms with Crippen LogP contribution in [0, 0.1) is 5.41 Å². The number of ether oxygens (including phenoxy) is 1. The highest BCUT2D eigenvalue weighted by Crippen LogP contribution is 2.22. The third-order valence-corrected chi connectivity index (χ3v) is 3.30. The van der Waals surface area contributed by atoms with Gasteiger partial charge in [-0.2, -0.15) is 0 Å². The van der Waals surface area contributed by atoms with Gasteiger partial charge in [-0.15, -0.1) is 0 Å². The van der Waals surface area contributed by atoms with E-state index < -0.39 is 0 Å². The average molecular weight is 244 g/mol. The summed E-state index contributed by atoms with van der Waals surface area (Å²) in [6, 6.07) is 0. The standard InChI is InChI=1S/C14H32N2O/c1-5-6-7-9-14(2,3)12-16-10-8-13(11-15)17-4/h13,16H,5-12,15H2,1-4H3. The second kappa shape index (κ2) is 9.86. The third kappa shape index (κ3) is 9.57. The molecule has 0 aliphatic rings. The van der Waals surface area contributed by atoms with Gasteiger partial charge in [0.2, 0.25) is 0 Å². The van der Waals surface area contributed by atoms with E-state index in [1.165, 1.54) is 25.7 Å². The van der Waals surface area contributed by atoms with Crippen LogP contribution in [-0.2, 0) is 4.74 Å². The molecular formula is C14H32N2O. The summed E-state index contributed by atoms with van der Waals surface area (Å²) in [5, 5.41) is 3.52. The fraction of sp³-hybridized carbons (Fsp3) is 1.00. The molecule has 0 aromatic rings. The Morgan fingerprint density at radius 3 is 2.53 bits per heavy atom. The van der Waals surface area contributed by atoms with Crippen LogP contribution in [0.15, 0.2) is 0 Å². The first-order valence-electron chi connectivity index (χ1n) is 6.99. The van der Waals surface area contributed by atoms with E-state index in [4.69, 9.17) is 10.5 Å². The zero-order valence-corrected chi connectivity index (χ0v) is 12.2. The molecule has 0 spiro atoms. The lowest BCUT2D eigenvalue weighted by molar-refractivity contribution is 0.101. The van der Waals surface area contributed by atoms with Crippen LogP contribution in [0.2, 0.25) is 0 Å². The molecule has 0 aromatic carbocycles. The molecule has 104 valence electrons. The quantitative estimate of drug-likeness (QED) is 0.549. The summed E-state index contributed by atoms with van der Waals surface area (Å²) in [6.45, 7) is 9.62. The molecule has 0 saturated heterocycles. The zero-order valence-electron chi connectivity index (χ0n) is 12.2. The Bertz CT molecular complexity index is 168. The van der Waals surface area contributed by atoms with Crippen molar-refractivity contribution in [3.8, 4) is 0 Å². The van der Waals surface area contributed by atoms with Gasteiger partial charge >= 0.3 is 0 Å². The molecule has 17 heavy (non-hydrogen) atoms. The minimum Gasteiger partial charge on any atom is -0.380 e. The lowest BCUT2D eigenvalue weighted by Gasteiger charge is -2.25. The maximum Gasteiger partial charge on any atom is 0.0705 e. The highest BCUT2D eigenvalue weighted by molar-refractivity contribution is 4.72. The first-order valence-corrected chi connectivity index (χ1v) is 6.99. The third-order valence-electron chi connectivity index (χ3n) is 3.30. The van der Waals surface area contributed by atoms with E-state index in [2.05, 4.69) is 26.1 Å². The van der Waals surface area contributed by atoms with Crippen molar-refractivity contribution < 1.29 is 4.74 Å². The number of hydrogen-bond acceptors (Lipinski definition) is 3. The lowest BCUT2D eigenvalue weighted by Crippen LogP contribution is -2.33. The normalized spacial score (nSPS) is 13.9. The van der Waals surface area contributed by atoms with E-state index in [9.17, 15) is 0 Å². The van der Waals surface area contributed by atoms with Crippen molar-refractivity contribution in [2.75, 3.05) is 26.7 Å². The molecule has 0 amide bonds. The highest BCUT2D eigenvalue weighted by Gasteiger charge is 2.16. The van der Waals surface area contributed by atoms with Crippen LogP contribution in [0.5, 0.6) is 0 Å². The molecule has 0 aromatic heterocycles. The molecule has 0 fully saturated rings. The van der Waals surface area contributed by atoms with Crippen molar-refractivity contribution in [3.63, 3.8) is 0 Å². The molecule has 3 N–H and O–H groups in total. The second-order valence-corrected chi connectivity index (χ2v) is 5.68. The van der Waals surface area contributed by atoms with Gasteiger partial charge in [-0.1, -0.05) is 40.0 Å². The Morgan fingerprint density at radius 1 is 1.29 bits per heavy atom. The molecule has 3 nitrogen and oxygen atoms in total. The summed E-state index contributed by atoms with van der Waals surface area (Å²) in [5.74, 6) is 0. The van der Waals surface area contributed by atoms with Crippen molar-refractivity contribution in [1.82, 2.24) is 5.32 Å². The molecule has 0 bridgehead atoms. The van der Waals surface area contributed by atoms with Crippen LogP contribution < -0.4 is 11.1 Å². The molecule has 0 radical (unpaired) electrons. The van der Waals surface area contributed by atoms with Crippen molar-refractivity contribution in [3.05, 3.63) is 0 Å². The van der Waals surface area contributed by atoms with Crippen molar-refractivity contribution >= 4 is 0 Å². The Morgan fingerprint density at radius 2 is 2.00 bits per heavy atom. The van der Waals surface area contributed by atoms with E-state index in [1.54, 1.807) is 7.11 Å². The zero-order chi connectivity index (χ0) is 13.1. The van der Waals surface area contributed by atoms with Gasteiger partial charge < -0.3 is 15.8 Å². The largest absolute Gasteiger partial charge is 0.380 e. The number of nitrogens with two attached hydrogens (primary N) is 1. The van der Waals surface area contributed by atoms with Crippen molar-refractivity contribution in [2.45, 2.75) is 59.0 Å². The first kappa shape index (κ1) is 16.9. The topological polar surface area (TPSA) is 47.3 Å². The van der Waals surface area contributed by atoms with Crippen LogP contribution >= 0.6 is 0 Å². The minimum absolute atomic E-state index is 0.200. The van der Waals surface area contributed by atoms with Gasteiger partial charge in [0, 0.05) is 20.2 Å². The monoisotopic (exact) mass is 244 g/mol. The van der Waals surface area contributed by atoms with Crippen molar-refractivity contribution in [1.29, 1.82) is 0 Å². The summed E-state index contributed by atoms with van der Waals surface area (Å²) in [6.07, 6.45) is 6.49. The highest BCUT2D eigenvalue weighted by atomic mass is 16.5. The van der Waals surface area contributed by atoms with E-state index in [0.717, 1.165) is 19.5 Å². The van der Waals surface area contributed by atoms with Gasteiger partial charge in [0.05, 0.1) is 6.10 Å². The van der Waals surface area contributed by atoms with Gasteiger partial charge in [-0.3, -0.25) is 0 Å². The summed E-state index contributed by atoms with van der Waals surface area (Å²) in [4.78, 5) is 0. The SMILES string of the molecule is CCCCCC(C)(C)CNCCC(CN)OC. The summed E-state index contributed by atoms with van der Waals surface area (Å²) >= 11 is 0. The van der Waals surface area contributed by atoms with Gasteiger partial charge in [0.25, 0.3) is 0 Å². The Labute approximate surface area is 107 Å². The Hall–Kier alpha value is -0.120. The van der Waals surface area contributed by atoms with E-state index in [1.807, 2.05) is 0 Å². The predicted octanol–water partition coefficient (Wildman–Crippen LogP) is 2.55. The summed E-state index contributed by atoms with van der Waals surface area (Å²) in [7, 11) is 1.73. The number of rotatable bonds is 11. The van der Waals surface area contributed by atoms with Gasteiger partial charge in [0.15, 0.2) is 0 Å². The van der Waals surface area contributed by atoms with Gasteiger partial charge in [-0.05, 0) is 24.8 Å². The molecule has 0 aliphatic heterocycles. The Kier molecular flexibility index (Phi) is 9.79. The second-order valence-electron chi connectivity index (χ2n) is 5.68. The molecule has 0 saturated carbocycles. The first-order chi connectivity index (χ1) is 8.05. The summed E-state index contributed by atoms with van der Waals surface area (Å²) < 4.78 is 5.25. The maximum absolute atomic E-state index is 5.58. The van der Waals surface area contributed by atoms with Crippen molar-refractivity contribution in [2.24, 2.45) is 11.1 Å². The number of nitrogens with one attached hydrogen (secondary N) is 1. The molecule has 1 unspecified atom stereocenters. The number of methoxy groups -OCH3 is 1.